The molecule has 0 aromatic carbocycles. The molecule has 116 valence electrons. The van der Waals surface area contributed by atoms with Crippen LogP contribution in [0.3, 0.4) is 0 Å². The number of halogens is 1. The summed E-state index contributed by atoms with van der Waals surface area (Å²) in [6.45, 7) is 6.63. The topological polar surface area (TPSA) is 72.1 Å². The molecule has 5 nitrogen and oxygen atoms in total. The molecule has 1 fully saturated rings. The average molecular weight is 311 g/mol. The molecule has 2 N–H and O–H groups in total. The molecule has 2 rings (SSSR count). The van der Waals surface area contributed by atoms with E-state index in [1.165, 1.54) is 6.20 Å². The highest BCUT2D eigenvalue weighted by atomic mass is 35.5. The summed E-state index contributed by atoms with van der Waals surface area (Å²) in [5.41, 5.74) is 6.32. The van der Waals surface area contributed by atoms with Crippen molar-refractivity contribution < 1.29 is 4.79 Å². The molecule has 1 saturated heterocycles. The molecule has 0 spiro atoms. The molecule has 0 radical (unpaired) electrons. The van der Waals surface area contributed by atoms with E-state index in [0.717, 1.165) is 19.3 Å². The normalized spacial score (nSPS) is 20.7. The Hall–Kier alpha value is -1.20. The van der Waals surface area contributed by atoms with Crippen molar-refractivity contribution in [1.29, 1.82) is 0 Å². The Bertz CT molecular complexity index is 518. The maximum absolute atomic E-state index is 12.8. The smallest absolute Gasteiger partial charge is 0.274 e. The van der Waals surface area contributed by atoms with Crippen molar-refractivity contribution in [3.8, 4) is 0 Å². The third-order valence-corrected chi connectivity index (χ3v) is 4.18. The lowest BCUT2D eigenvalue weighted by Crippen LogP contribution is -2.52. The Labute approximate surface area is 130 Å². The third kappa shape index (κ3) is 3.52. The van der Waals surface area contributed by atoms with Crippen molar-refractivity contribution in [3.63, 3.8) is 0 Å². The Morgan fingerprint density at radius 3 is 2.76 bits per heavy atom. The number of aromatic nitrogens is 2. The molecule has 2 atom stereocenters. The fourth-order valence-electron chi connectivity index (χ4n) is 2.70. The first-order chi connectivity index (χ1) is 9.91. The lowest BCUT2D eigenvalue weighted by molar-refractivity contribution is 0.0577. The number of likely N-dealkylation sites (tertiary alicyclic amines) is 1. The fourth-order valence-corrected chi connectivity index (χ4v) is 2.87. The van der Waals surface area contributed by atoms with E-state index in [2.05, 4.69) is 9.97 Å². The molecule has 1 aliphatic rings. The number of carbonyl (C=O) groups is 1. The van der Waals surface area contributed by atoms with Crippen LogP contribution in [-0.2, 0) is 0 Å². The van der Waals surface area contributed by atoms with Gasteiger partial charge in [0.2, 0.25) is 0 Å². The standard InChI is InChI=1S/C15H23ClN4O/c1-9(2)14-18-8-11(16)13(19-14)15(21)20-7-5-4-6-12(20)10(3)17/h8-10,12H,4-7,17H2,1-3H3. The second-order valence-corrected chi connectivity index (χ2v) is 6.41. The van der Waals surface area contributed by atoms with Crippen LogP contribution in [0, 0.1) is 0 Å². The van der Waals surface area contributed by atoms with Crippen LogP contribution in [0.25, 0.3) is 0 Å². The second kappa shape index (κ2) is 6.71. The van der Waals surface area contributed by atoms with Gasteiger partial charge in [0.15, 0.2) is 5.69 Å². The lowest BCUT2D eigenvalue weighted by atomic mass is 9.96. The number of nitrogens with zero attached hydrogens (tertiary/aromatic N) is 3. The van der Waals surface area contributed by atoms with E-state index in [9.17, 15) is 4.79 Å². The van der Waals surface area contributed by atoms with Gasteiger partial charge >= 0.3 is 0 Å². The van der Waals surface area contributed by atoms with E-state index in [4.69, 9.17) is 17.3 Å². The highest BCUT2D eigenvalue weighted by Crippen LogP contribution is 2.24. The predicted molar refractivity (Wildman–Crippen MR) is 83.5 cm³/mol. The number of carbonyl (C=O) groups excluding carboxylic acids is 1. The summed E-state index contributed by atoms with van der Waals surface area (Å²) >= 11 is 6.14. The highest BCUT2D eigenvalue weighted by Gasteiger charge is 2.31. The van der Waals surface area contributed by atoms with Gasteiger partial charge in [-0.05, 0) is 26.2 Å². The van der Waals surface area contributed by atoms with Crippen LogP contribution in [0.1, 0.15) is 62.3 Å². The molecule has 2 unspecified atom stereocenters. The van der Waals surface area contributed by atoms with E-state index < -0.39 is 0 Å². The van der Waals surface area contributed by atoms with Crippen molar-refractivity contribution in [1.82, 2.24) is 14.9 Å². The number of hydrogen-bond donors (Lipinski definition) is 1. The summed E-state index contributed by atoms with van der Waals surface area (Å²) in [5, 5.41) is 0.304. The summed E-state index contributed by atoms with van der Waals surface area (Å²) in [5.74, 6) is 0.655. The van der Waals surface area contributed by atoms with Gasteiger partial charge in [-0.15, -0.1) is 0 Å². The van der Waals surface area contributed by atoms with E-state index in [1.807, 2.05) is 25.7 Å². The zero-order valence-corrected chi connectivity index (χ0v) is 13.6. The van der Waals surface area contributed by atoms with Crippen LogP contribution in [0.5, 0.6) is 0 Å². The molecule has 2 heterocycles. The number of amides is 1. The minimum atomic E-state index is -0.133. The highest BCUT2D eigenvalue weighted by molar-refractivity contribution is 6.33. The molecule has 0 saturated carbocycles. The molecule has 1 aromatic heterocycles. The second-order valence-electron chi connectivity index (χ2n) is 6.00. The minimum Gasteiger partial charge on any atom is -0.333 e. The van der Waals surface area contributed by atoms with Crippen molar-refractivity contribution in [3.05, 3.63) is 22.7 Å². The number of nitrogens with two attached hydrogens (primary N) is 1. The fraction of sp³-hybridized carbons (Fsp3) is 0.667. The number of piperidine rings is 1. The summed E-state index contributed by atoms with van der Waals surface area (Å²) < 4.78 is 0. The first-order valence-electron chi connectivity index (χ1n) is 7.50. The summed E-state index contributed by atoms with van der Waals surface area (Å²) in [6, 6.07) is -0.000728. The SMILES string of the molecule is CC(C)c1ncc(Cl)c(C(=O)N2CCCCC2C(C)N)n1. The number of rotatable bonds is 3. The van der Waals surface area contributed by atoms with Gasteiger partial charge in [-0.3, -0.25) is 4.79 Å². The monoisotopic (exact) mass is 310 g/mol. The summed E-state index contributed by atoms with van der Waals surface area (Å²) in [4.78, 5) is 23.2. The predicted octanol–water partition coefficient (Wildman–Crippen LogP) is 2.60. The van der Waals surface area contributed by atoms with Gasteiger partial charge in [0.05, 0.1) is 11.2 Å². The summed E-state index contributed by atoms with van der Waals surface area (Å²) in [6.07, 6.45) is 4.55. The van der Waals surface area contributed by atoms with Crippen LogP contribution in [-0.4, -0.2) is 39.4 Å². The lowest BCUT2D eigenvalue weighted by Gasteiger charge is -2.38. The van der Waals surface area contributed by atoms with Crippen LogP contribution in [0.4, 0.5) is 0 Å². The van der Waals surface area contributed by atoms with E-state index in [0.29, 0.717) is 23.1 Å². The van der Waals surface area contributed by atoms with Crippen LogP contribution in [0.2, 0.25) is 5.02 Å². The molecule has 0 bridgehead atoms. The Balaban J connectivity index is 2.31. The van der Waals surface area contributed by atoms with E-state index >= 15 is 0 Å². The number of hydrogen-bond acceptors (Lipinski definition) is 4. The summed E-state index contributed by atoms with van der Waals surface area (Å²) in [7, 11) is 0. The first kappa shape index (κ1) is 16.2. The first-order valence-corrected chi connectivity index (χ1v) is 7.88. The molecular formula is C15H23ClN4O. The van der Waals surface area contributed by atoms with Crippen LogP contribution < -0.4 is 5.73 Å². The van der Waals surface area contributed by atoms with Crippen molar-refractivity contribution >= 4 is 17.5 Å². The Morgan fingerprint density at radius 1 is 1.43 bits per heavy atom. The zero-order valence-electron chi connectivity index (χ0n) is 12.8. The maximum atomic E-state index is 12.8. The van der Waals surface area contributed by atoms with Crippen molar-refractivity contribution in [2.75, 3.05) is 6.54 Å². The van der Waals surface area contributed by atoms with Gasteiger partial charge in [0.25, 0.3) is 5.91 Å². The Kier molecular flexibility index (Phi) is 5.17. The molecule has 1 aromatic rings. The van der Waals surface area contributed by atoms with Crippen molar-refractivity contribution in [2.24, 2.45) is 5.73 Å². The largest absolute Gasteiger partial charge is 0.333 e. The zero-order chi connectivity index (χ0) is 15.6. The van der Waals surface area contributed by atoms with Crippen molar-refractivity contribution in [2.45, 2.75) is 58.0 Å². The van der Waals surface area contributed by atoms with Gasteiger partial charge < -0.3 is 10.6 Å². The van der Waals surface area contributed by atoms with Gasteiger partial charge in [-0.25, -0.2) is 9.97 Å². The maximum Gasteiger partial charge on any atom is 0.274 e. The van der Waals surface area contributed by atoms with Crippen LogP contribution in [0.15, 0.2) is 6.20 Å². The van der Waals surface area contributed by atoms with E-state index in [-0.39, 0.29) is 23.9 Å². The minimum absolute atomic E-state index is 0.0554. The molecular weight excluding hydrogens is 288 g/mol. The average Bonchev–Trinajstić information content (AvgIpc) is 2.46. The molecule has 0 aliphatic carbocycles. The van der Waals surface area contributed by atoms with Gasteiger partial charge in [0, 0.05) is 24.5 Å². The van der Waals surface area contributed by atoms with Gasteiger partial charge in [-0.1, -0.05) is 25.4 Å². The molecule has 1 aliphatic heterocycles. The third-order valence-electron chi connectivity index (χ3n) is 3.90. The molecule has 1 amide bonds. The van der Waals surface area contributed by atoms with Crippen LogP contribution >= 0.6 is 11.6 Å². The van der Waals surface area contributed by atoms with Gasteiger partial charge in [0.1, 0.15) is 5.82 Å². The van der Waals surface area contributed by atoms with Gasteiger partial charge in [-0.2, -0.15) is 0 Å². The quantitative estimate of drug-likeness (QED) is 0.931. The molecule has 21 heavy (non-hydrogen) atoms. The Morgan fingerprint density at radius 2 is 2.14 bits per heavy atom. The van der Waals surface area contributed by atoms with E-state index in [1.54, 1.807) is 0 Å². The molecule has 6 heteroatoms.